The van der Waals surface area contributed by atoms with E-state index < -0.39 is 23.0 Å². The molecule has 1 saturated heterocycles. The summed E-state index contributed by atoms with van der Waals surface area (Å²) in [5, 5.41) is 0. The highest BCUT2D eigenvalue weighted by Crippen LogP contribution is 2.38. The van der Waals surface area contributed by atoms with E-state index in [2.05, 4.69) is 4.90 Å². The molecule has 2 N–H and O–H groups in total. The normalized spacial score (nSPS) is 17.6. The topological polar surface area (TPSA) is 46.3 Å². The number of nitrogens with two attached hydrogens (primary N) is 1. The van der Waals surface area contributed by atoms with Crippen LogP contribution in [0.25, 0.3) is 0 Å². The summed E-state index contributed by atoms with van der Waals surface area (Å²) in [6, 6.07) is 13.6. The van der Waals surface area contributed by atoms with Crippen molar-refractivity contribution in [1.29, 1.82) is 0 Å². The number of amides is 1. The SMILES string of the molecule is NC(=O)C1(c2c(F)cccc2F)CCN(Cc2ccccc2)CC1. The Kier molecular flexibility index (Phi) is 4.62. The van der Waals surface area contributed by atoms with Crippen molar-refractivity contribution in [2.24, 2.45) is 5.73 Å². The zero-order valence-corrected chi connectivity index (χ0v) is 13.3. The van der Waals surface area contributed by atoms with Crippen LogP contribution in [0.4, 0.5) is 8.78 Å². The van der Waals surface area contributed by atoms with Crippen molar-refractivity contribution < 1.29 is 13.6 Å². The fourth-order valence-electron chi connectivity index (χ4n) is 3.51. The molecule has 0 unspecified atom stereocenters. The molecule has 0 aromatic heterocycles. The molecular formula is C19H20F2N2O. The Balaban J connectivity index is 1.82. The van der Waals surface area contributed by atoms with Gasteiger partial charge in [0.25, 0.3) is 0 Å². The number of halogens is 2. The van der Waals surface area contributed by atoms with Gasteiger partial charge < -0.3 is 5.73 Å². The second-order valence-corrected chi connectivity index (χ2v) is 6.30. The van der Waals surface area contributed by atoms with Crippen molar-refractivity contribution in [2.75, 3.05) is 13.1 Å². The minimum atomic E-state index is -1.28. The van der Waals surface area contributed by atoms with Crippen molar-refractivity contribution in [1.82, 2.24) is 4.90 Å². The van der Waals surface area contributed by atoms with Crippen LogP contribution < -0.4 is 5.73 Å². The second kappa shape index (κ2) is 6.69. The highest BCUT2D eigenvalue weighted by atomic mass is 19.1. The third-order valence-electron chi connectivity index (χ3n) is 4.87. The molecule has 0 atom stereocenters. The maximum absolute atomic E-state index is 14.2. The summed E-state index contributed by atoms with van der Waals surface area (Å²) in [5.74, 6) is -2.07. The van der Waals surface area contributed by atoms with Gasteiger partial charge in [-0.05, 0) is 43.6 Å². The molecule has 1 fully saturated rings. The largest absolute Gasteiger partial charge is 0.369 e. The summed E-state index contributed by atoms with van der Waals surface area (Å²) in [7, 11) is 0. The number of likely N-dealkylation sites (tertiary alicyclic amines) is 1. The van der Waals surface area contributed by atoms with Gasteiger partial charge in [0.2, 0.25) is 5.91 Å². The van der Waals surface area contributed by atoms with Crippen LogP contribution in [-0.4, -0.2) is 23.9 Å². The van der Waals surface area contributed by atoms with E-state index in [0.29, 0.717) is 25.9 Å². The van der Waals surface area contributed by atoms with Crippen LogP contribution in [0.15, 0.2) is 48.5 Å². The highest BCUT2D eigenvalue weighted by molar-refractivity contribution is 5.87. The predicted molar refractivity (Wildman–Crippen MR) is 88.2 cm³/mol. The molecular weight excluding hydrogens is 310 g/mol. The number of rotatable bonds is 4. The predicted octanol–water partition coefficient (Wildman–Crippen LogP) is 2.98. The molecule has 24 heavy (non-hydrogen) atoms. The van der Waals surface area contributed by atoms with Gasteiger partial charge in [-0.15, -0.1) is 0 Å². The molecule has 0 bridgehead atoms. The zero-order valence-electron chi connectivity index (χ0n) is 13.3. The van der Waals surface area contributed by atoms with E-state index in [-0.39, 0.29) is 5.56 Å². The molecule has 3 rings (SSSR count). The van der Waals surface area contributed by atoms with Gasteiger partial charge >= 0.3 is 0 Å². The number of piperidine rings is 1. The molecule has 126 valence electrons. The third-order valence-corrected chi connectivity index (χ3v) is 4.87. The van der Waals surface area contributed by atoms with Crippen molar-refractivity contribution in [2.45, 2.75) is 24.8 Å². The van der Waals surface area contributed by atoms with Gasteiger partial charge in [0, 0.05) is 12.1 Å². The molecule has 1 heterocycles. The lowest BCUT2D eigenvalue weighted by molar-refractivity contribution is -0.125. The average Bonchev–Trinajstić information content (AvgIpc) is 2.57. The summed E-state index contributed by atoms with van der Waals surface area (Å²) in [6.45, 7) is 1.87. The summed E-state index contributed by atoms with van der Waals surface area (Å²) in [4.78, 5) is 14.3. The fraction of sp³-hybridized carbons (Fsp3) is 0.316. The van der Waals surface area contributed by atoms with Crippen LogP contribution in [0.3, 0.4) is 0 Å². The molecule has 0 saturated carbocycles. The van der Waals surface area contributed by atoms with Crippen molar-refractivity contribution in [3.63, 3.8) is 0 Å². The third kappa shape index (κ3) is 3.04. The first-order valence-electron chi connectivity index (χ1n) is 8.03. The molecule has 3 nitrogen and oxygen atoms in total. The zero-order chi connectivity index (χ0) is 17.2. The Labute approximate surface area is 140 Å². The molecule has 1 amide bonds. The Morgan fingerprint density at radius 2 is 1.58 bits per heavy atom. The lowest BCUT2D eigenvalue weighted by Crippen LogP contribution is -2.50. The van der Waals surface area contributed by atoms with E-state index in [1.165, 1.54) is 23.8 Å². The maximum Gasteiger partial charge on any atom is 0.228 e. The fourth-order valence-corrected chi connectivity index (χ4v) is 3.51. The van der Waals surface area contributed by atoms with Gasteiger partial charge in [0.05, 0.1) is 5.41 Å². The Morgan fingerprint density at radius 1 is 1.00 bits per heavy atom. The monoisotopic (exact) mass is 330 g/mol. The number of carbonyl (C=O) groups excluding carboxylic acids is 1. The van der Waals surface area contributed by atoms with Crippen molar-refractivity contribution in [3.05, 3.63) is 71.3 Å². The van der Waals surface area contributed by atoms with Gasteiger partial charge in [0.15, 0.2) is 0 Å². The van der Waals surface area contributed by atoms with Gasteiger partial charge in [0.1, 0.15) is 11.6 Å². The minimum absolute atomic E-state index is 0.183. The molecule has 2 aromatic rings. The number of hydrogen-bond acceptors (Lipinski definition) is 2. The molecule has 5 heteroatoms. The molecule has 0 aliphatic carbocycles. The van der Waals surface area contributed by atoms with E-state index in [9.17, 15) is 13.6 Å². The standard InChI is InChI=1S/C19H20F2N2O/c20-15-7-4-8-16(21)17(15)19(18(22)24)9-11-23(12-10-19)13-14-5-2-1-3-6-14/h1-8H,9-13H2,(H2,22,24). The number of nitrogens with zero attached hydrogens (tertiary/aromatic N) is 1. The smallest absolute Gasteiger partial charge is 0.228 e. The average molecular weight is 330 g/mol. The van der Waals surface area contributed by atoms with Crippen molar-refractivity contribution >= 4 is 5.91 Å². The lowest BCUT2D eigenvalue weighted by Gasteiger charge is -2.40. The second-order valence-electron chi connectivity index (χ2n) is 6.30. The first-order chi connectivity index (χ1) is 11.5. The Hall–Kier alpha value is -2.27. The minimum Gasteiger partial charge on any atom is -0.369 e. The van der Waals surface area contributed by atoms with Crippen LogP contribution in [0.2, 0.25) is 0 Å². The van der Waals surface area contributed by atoms with Crippen LogP contribution in [0, 0.1) is 11.6 Å². The summed E-state index contributed by atoms with van der Waals surface area (Å²) in [6.07, 6.45) is 0.625. The molecule has 0 radical (unpaired) electrons. The highest BCUT2D eigenvalue weighted by Gasteiger charge is 2.45. The number of hydrogen-bond donors (Lipinski definition) is 1. The first-order valence-corrected chi connectivity index (χ1v) is 8.03. The van der Waals surface area contributed by atoms with Gasteiger partial charge in [-0.25, -0.2) is 8.78 Å². The van der Waals surface area contributed by atoms with Crippen molar-refractivity contribution in [3.8, 4) is 0 Å². The van der Waals surface area contributed by atoms with E-state index in [0.717, 1.165) is 6.54 Å². The van der Waals surface area contributed by atoms with E-state index in [1.54, 1.807) is 0 Å². The Bertz CT molecular complexity index is 705. The molecule has 0 spiro atoms. The van der Waals surface area contributed by atoms with Gasteiger partial charge in [-0.2, -0.15) is 0 Å². The Morgan fingerprint density at radius 3 is 2.12 bits per heavy atom. The number of carbonyl (C=O) groups is 1. The molecule has 1 aliphatic heterocycles. The van der Waals surface area contributed by atoms with Crippen LogP contribution in [0.1, 0.15) is 24.0 Å². The maximum atomic E-state index is 14.2. The van der Waals surface area contributed by atoms with E-state index >= 15 is 0 Å². The summed E-state index contributed by atoms with van der Waals surface area (Å²) >= 11 is 0. The van der Waals surface area contributed by atoms with E-state index in [1.807, 2.05) is 30.3 Å². The van der Waals surface area contributed by atoms with Crippen LogP contribution >= 0.6 is 0 Å². The number of primary amides is 1. The van der Waals surface area contributed by atoms with Crippen LogP contribution in [0.5, 0.6) is 0 Å². The van der Waals surface area contributed by atoms with Gasteiger partial charge in [-0.3, -0.25) is 9.69 Å². The lowest BCUT2D eigenvalue weighted by atomic mass is 9.71. The quantitative estimate of drug-likeness (QED) is 0.937. The van der Waals surface area contributed by atoms with Crippen LogP contribution in [-0.2, 0) is 16.8 Å². The van der Waals surface area contributed by atoms with E-state index in [4.69, 9.17) is 5.73 Å². The van der Waals surface area contributed by atoms with Gasteiger partial charge in [-0.1, -0.05) is 36.4 Å². The summed E-state index contributed by atoms with van der Waals surface area (Å²) in [5.41, 5.74) is 5.29. The molecule has 2 aromatic carbocycles. The molecule has 1 aliphatic rings. The summed E-state index contributed by atoms with van der Waals surface area (Å²) < 4.78 is 28.4. The first kappa shape index (κ1) is 16.6. The number of benzene rings is 2.